The number of urea groups is 1. The number of halogens is 3. The van der Waals surface area contributed by atoms with Crippen LogP contribution in [0.3, 0.4) is 0 Å². The largest absolute Gasteiger partial charge is 0.424 e. The van der Waals surface area contributed by atoms with Gasteiger partial charge in [-0.15, -0.1) is 0 Å². The molecule has 0 spiro atoms. The van der Waals surface area contributed by atoms with Gasteiger partial charge in [0.15, 0.2) is 0 Å². The van der Waals surface area contributed by atoms with Crippen LogP contribution in [0.25, 0.3) is 0 Å². The predicted octanol–water partition coefficient (Wildman–Crippen LogP) is 2.80. The molecular formula is C19H25F3N4O2. The monoisotopic (exact) mass is 398 g/mol. The second-order valence-corrected chi connectivity index (χ2v) is 6.90. The minimum atomic E-state index is -4.93. The van der Waals surface area contributed by atoms with E-state index in [1.54, 1.807) is 0 Å². The quantitative estimate of drug-likeness (QED) is 0.671. The van der Waals surface area contributed by atoms with Crippen molar-refractivity contribution in [2.45, 2.75) is 44.5 Å². The Hall–Kier alpha value is -2.55. The summed E-state index contributed by atoms with van der Waals surface area (Å²) in [6, 6.07) is 6.96. The van der Waals surface area contributed by atoms with Crippen LogP contribution in [0.1, 0.15) is 30.3 Å². The van der Waals surface area contributed by atoms with E-state index in [1.807, 2.05) is 38.1 Å². The van der Waals surface area contributed by atoms with Gasteiger partial charge in [0.05, 0.1) is 0 Å². The van der Waals surface area contributed by atoms with E-state index < -0.39 is 30.1 Å². The predicted molar refractivity (Wildman–Crippen MR) is 98.7 cm³/mol. The van der Waals surface area contributed by atoms with Crippen LogP contribution >= 0.6 is 0 Å². The summed E-state index contributed by atoms with van der Waals surface area (Å²) in [4.78, 5) is 15.6. The Balaban J connectivity index is 1.91. The van der Waals surface area contributed by atoms with Gasteiger partial charge < -0.3 is 20.3 Å². The molecule has 0 saturated carbocycles. The summed E-state index contributed by atoms with van der Waals surface area (Å²) in [6.45, 7) is 3.41. The van der Waals surface area contributed by atoms with Crippen molar-refractivity contribution in [2.75, 3.05) is 6.54 Å². The van der Waals surface area contributed by atoms with Gasteiger partial charge in [-0.1, -0.05) is 24.3 Å². The number of carbonyl (C=O) groups is 1. The van der Waals surface area contributed by atoms with Crippen molar-refractivity contribution in [2.24, 2.45) is 7.05 Å². The van der Waals surface area contributed by atoms with E-state index in [-0.39, 0.29) is 12.6 Å². The van der Waals surface area contributed by atoms with Gasteiger partial charge in [0.25, 0.3) is 0 Å². The topological polar surface area (TPSA) is 79.2 Å². The van der Waals surface area contributed by atoms with E-state index in [0.29, 0.717) is 6.42 Å². The number of rotatable bonds is 7. The van der Waals surface area contributed by atoms with E-state index in [2.05, 4.69) is 15.6 Å². The molecule has 3 N–H and O–H groups in total. The highest BCUT2D eigenvalue weighted by Crippen LogP contribution is 2.40. The number of alkyl halides is 3. The summed E-state index contributed by atoms with van der Waals surface area (Å²) >= 11 is 0. The lowest BCUT2D eigenvalue weighted by molar-refractivity contribution is -0.272. The SMILES string of the molecule is Cc1ccccc1CC(C)NC(=O)NCCC(O)(c1nccn1C)C(F)(F)F. The van der Waals surface area contributed by atoms with E-state index in [4.69, 9.17) is 0 Å². The number of carbonyl (C=O) groups excluding carboxylic acids is 1. The van der Waals surface area contributed by atoms with Crippen molar-refractivity contribution in [3.63, 3.8) is 0 Å². The number of nitrogens with zero attached hydrogens (tertiary/aromatic N) is 2. The van der Waals surface area contributed by atoms with Crippen LogP contribution in [-0.2, 0) is 19.1 Å². The maximum Gasteiger partial charge on any atom is 0.424 e. The average Bonchev–Trinajstić information content (AvgIpc) is 3.02. The fraction of sp³-hybridized carbons (Fsp3) is 0.474. The summed E-state index contributed by atoms with van der Waals surface area (Å²) in [5.74, 6) is -0.518. The third-order valence-electron chi connectivity index (χ3n) is 4.60. The van der Waals surface area contributed by atoms with Crippen molar-refractivity contribution < 1.29 is 23.1 Å². The minimum absolute atomic E-state index is 0.211. The van der Waals surface area contributed by atoms with Gasteiger partial charge in [-0.2, -0.15) is 13.2 Å². The highest BCUT2D eigenvalue weighted by atomic mass is 19.4. The van der Waals surface area contributed by atoms with Crippen molar-refractivity contribution in [3.05, 3.63) is 53.6 Å². The third-order valence-corrected chi connectivity index (χ3v) is 4.60. The van der Waals surface area contributed by atoms with Crippen LogP contribution in [0.4, 0.5) is 18.0 Å². The minimum Gasteiger partial charge on any atom is -0.374 e. The molecule has 0 aliphatic carbocycles. The van der Waals surface area contributed by atoms with Gasteiger partial charge >= 0.3 is 12.2 Å². The molecule has 1 aromatic carbocycles. The van der Waals surface area contributed by atoms with E-state index in [0.717, 1.165) is 15.7 Å². The number of amides is 2. The normalized spacial score (nSPS) is 15.0. The van der Waals surface area contributed by atoms with Gasteiger partial charge in [0.2, 0.25) is 5.60 Å². The highest BCUT2D eigenvalue weighted by Gasteiger charge is 2.57. The van der Waals surface area contributed by atoms with Crippen molar-refractivity contribution in [1.82, 2.24) is 20.2 Å². The summed E-state index contributed by atoms with van der Waals surface area (Å²) in [6.07, 6.45) is -2.58. The zero-order valence-electron chi connectivity index (χ0n) is 16.0. The number of benzene rings is 1. The Bertz CT molecular complexity index is 806. The van der Waals surface area contributed by atoms with Crippen LogP contribution < -0.4 is 10.6 Å². The first kappa shape index (κ1) is 21.7. The lowest BCUT2D eigenvalue weighted by Crippen LogP contribution is -2.48. The van der Waals surface area contributed by atoms with Crippen molar-refractivity contribution in [1.29, 1.82) is 0 Å². The van der Waals surface area contributed by atoms with Crippen LogP contribution in [0.15, 0.2) is 36.7 Å². The summed E-state index contributed by atoms with van der Waals surface area (Å²) < 4.78 is 41.4. The maximum atomic E-state index is 13.4. The number of imidazole rings is 1. The van der Waals surface area contributed by atoms with Crippen molar-refractivity contribution in [3.8, 4) is 0 Å². The molecule has 9 heteroatoms. The zero-order valence-corrected chi connectivity index (χ0v) is 16.0. The highest BCUT2D eigenvalue weighted by molar-refractivity contribution is 5.74. The van der Waals surface area contributed by atoms with Gasteiger partial charge in [-0.3, -0.25) is 0 Å². The number of nitrogens with one attached hydrogen (secondary N) is 2. The summed E-state index contributed by atoms with van der Waals surface area (Å²) in [5, 5.41) is 15.3. The fourth-order valence-electron chi connectivity index (χ4n) is 3.00. The third kappa shape index (κ3) is 5.03. The maximum absolute atomic E-state index is 13.4. The molecule has 0 aliphatic heterocycles. The molecule has 0 saturated heterocycles. The molecule has 0 bridgehead atoms. The second kappa shape index (κ2) is 8.64. The van der Waals surface area contributed by atoms with Crippen LogP contribution in [0.5, 0.6) is 0 Å². The van der Waals surface area contributed by atoms with E-state index in [1.165, 1.54) is 19.4 Å². The van der Waals surface area contributed by atoms with Gasteiger partial charge in [0.1, 0.15) is 5.82 Å². The Morgan fingerprint density at radius 3 is 2.57 bits per heavy atom. The average molecular weight is 398 g/mol. The first-order chi connectivity index (χ1) is 13.0. The van der Waals surface area contributed by atoms with Crippen molar-refractivity contribution >= 4 is 6.03 Å². The second-order valence-electron chi connectivity index (χ2n) is 6.90. The standard InChI is InChI=1S/C19H25F3N4O2/c1-13-6-4-5-7-15(13)12-14(2)25-17(27)24-9-8-18(28,19(20,21)22)16-23-10-11-26(16)3/h4-7,10-11,14,28H,8-9,12H2,1-3H3,(H2,24,25,27). The number of aliphatic hydroxyl groups is 1. The van der Waals surface area contributed by atoms with Crippen LogP contribution in [0.2, 0.25) is 0 Å². The van der Waals surface area contributed by atoms with E-state index in [9.17, 15) is 23.1 Å². The number of hydrogen-bond acceptors (Lipinski definition) is 3. The molecule has 2 aromatic rings. The molecule has 0 fully saturated rings. The molecular weight excluding hydrogens is 373 g/mol. The molecule has 2 amide bonds. The summed E-state index contributed by atoms with van der Waals surface area (Å²) in [7, 11) is 1.37. The fourth-order valence-corrected chi connectivity index (χ4v) is 3.00. The first-order valence-electron chi connectivity index (χ1n) is 8.90. The Morgan fingerprint density at radius 2 is 2.00 bits per heavy atom. The molecule has 28 heavy (non-hydrogen) atoms. The van der Waals surface area contributed by atoms with Gasteiger partial charge in [-0.05, 0) is 31.4 Å². The number of hydrogen-bond donors (Lipinski definition) is 3. The van der Waals surface area contributed by atoms with Crippen LogP contribution in [0, 0.1) is 6.92 Å². The Kier molecular flexibility index (Phi) is 6.71. The molecule has 2 atom stereocenters. The van der Waals surface area contributed by atoms with Crippen LogP contribution in [-0.4, -0.2) is 39.5 Å². The van der Waals surface area contributed by atoms with Gasteiger partial charge in [0, 0.05) is 38.4 Å². The molecule has 1 heterocycles. The lowest BCUT2D eigenvalue weighted by atomic mass is 9.97. The molecule has 2 rings (SSSR count). The number of aryl methyl sites for hydroxylation is 2. The smallest absolute Gasteiger partial charge is 0.374 e. The first-order valence-corrected chi connectivity index (χ1v) is 8.90. The molecule has 154 valence electrons. The zero-order chi connectivity index (χ0) is 20.9. The lowest BCUT2D eigenvalue weighted by Gasteiger charge is -2.30. The molecule has 1 aromatic heterocycles. The summed E-state index contributed by atoms with van der Waals surface area (Å²) in [5.41, 5.74) is -0.968. The Morgan fingerprint density at radius 1 is 1.32 bits per heavy atom. The number of aromatic nitrogens is 2. The molecule has 6 nitrogen and oxygen atoms in total. The molecule has 2 unspecified atom stereocenters. The molecule has 0 radical (unpaired) electrons. The van der Waals surface area contributed by atoms with E-state index >= 15 is 0 Å². The van der Waals surface area contributed by atoms with Gasteiger partial charge in [-0.25, -0.2) is 9.78 Å². The Labute approximate surface area is 161 Å². The molecule has 0 aliphatic rings.